The van der Waals surface area contributed by atoms with Crippen LogP contribution in [0.3, 0.4) is 0 Å². The molecule has 0 spiro atoms. The molecule has 112 valence electrons. The van der Waals surface area contributed by atoms with Crippen LogP contribution >= 0.6 is 0 Å². The van der Waals surface area contributed by atoms with Gasteiger partial charge in [-0.2, -0.15) is 0 Å². The van der Waals surface area contributed by atoms with Crippen molar-refractivity contribution in [2.45, 2.75) is 19.1 Å². The summed E-state index contributed by atoms with van der Waals surface area (Å²) in [5, 5.41) is 2.84. The minimum Gasteiger partial charge on any atom is -0.497 e. The molecule has 6 nitrogen and oxygen atoms in total. The molecular weight excluding hydrogens is 260 g/mol. The molecular formula is C14H22N2O4. The highest BCUT2D eigenvalue weighted by Gasteiger charge is 2.20. The number of nitrogens with one attached hydrogen (secondary N) is 1. The zero-order chi connectivity index (χ0) is 15.1. The number of methoxy groups -OCH3 is 3. The van der Waals surface area contributed by atoms with Crippen molar-refractivity contribution in [1.29, 1.82) is 0 Å². The lowest BCUT2D eigenvalue weighted by molar-refractivity contribution is -0.131. The predicted molar refractivity (Wildman–Crippen MR) is 76.0 cm³/mol. The average Bonchev–Trinajstić information content (AvgIpc) is 2.47. The third kappa shape index (κ3) is 3.85. The van der Waals surface area contributed by atoms with E-state index >= 15 is 0 Å². The van der Waals surface area contributed by atoms with E-state index in [2.05, 4.69) is 5.32 Å². The number of nitrogens with two attached hydrogens (primary N) is 1. The molecule has 6 heteroatoms. The maximum Gasteiger partial charge on any atom is 0.250 e. The van der Waals surface area contributed by atoms with E-state index in [1.54, 1.807) is 26.4 Å². The second-order valence-corrected chi connectivity index (χ2v) is 4.30. The molecule has 1 aromatic carbocycles. The monoisotopic (exact) mass is 282 g/mol. The second kappa shape index (κ2) is 7.72. The Morgan fingerprint density at radius 3 is 2.50 bits per heavy atom. The van der Waals surface area contributed by atoms with Gasteiger partial charge >= 0.3 is 0 Å². The number of amides is 1. The van der Waals surface area contributed by atoms with Crippen LogP contribution < -0.4 is 20.5 Å². The second-order valence-electron chi connectivity index (χ2n) is 4.30. The Bertz CT molecular complexity index is 447. The minimum atomic E-state index is -0.658. The highest BCUT2D eigenvalue weighted by Crippen LogP contribution is 2.29. The summed E-state index contributed by atoms with van der Waals surface area (Å²) in [6.07, 6.45) is -0.658. The third-order valence-electron chi connectivity index (χ3n) is 3.05. The van der Waals surface area contributed by atoms with Crippen molar-refractivity contribution in [1.82, 2.24) is 5.32 Å². The highest BCUT2D eigenvalue weighted by molar-refractivity contribution is 5.81. The van der Waals surface area contributed by atoms with E-state index in [0.29, 0.717) is 11.5 Å². The van der Waals surface area contributed by atoms with Crippen LogP contribution in [0.2, 0.25) is 0 Å². The molecule has 0 saturated carbocycles. The first-order valence-corrected chi connectivity index (χ1v) is 6.32. The van der Waals surface area contributed by atoms with Crippen molar-refractivity contribution in [2.75, 3.05) is 27.9 Å². The number of benzene rings is 1. The van der Waals surface area contributed by atoms with E-state index in [9.17, 15) is 4.79 Å². The summed E-state index contributed by atoms with van der Waals surface area (Å²) in [7, 11) is 4.62. The quantitative estimate of drug-likeness (QED) is 0.775. The Morgan fingerprint density at radius 2 is 2.00 bits per heavy atom. The molecule has 0 aliphatic carbocycles. The van der Waals surface area contributed by atoms with Crippen molar-refractivity contribution < 1.29 is 19.0 Å². The summed E-state index contributed by atoms with van der Waals surface area (Å²) in [6, 6.07) is 5.17. The van der Waals surface area contributed by atoms with Gasteiger partial charge in [-0.05, 0) is 25.1 Å². The zero-order valence-corrected chi connectivity index (χ0v) is 12.3. The Morgan fingerprint density at radius 1 is 1.30 bits per heavy atom. The highest BCUT2D eigenvalue weighted by atomic mass is 16.5. The van der Waals surface area contributed by atoms with E-state index in [4.69, 9.17) is 19.9 Å². The largest absolute Gasteiger partial charge is 0.497 e. The number of carbonyl (C=O) groups excluding carboxylic acids is 1. The van der Waals surface area contributed by atoms with Gasteiger partial charge in [0, 0.05) is 19.2 Å². The number of hydrogen-bond donors (Lipinski definition) is 2. The summed E-state index contributed by atoms with van der Waals surface area (Å²) < 4.78 is 15.5. The SMILES string of the molecule is COc1ccc(OC)c(C(C)NC(=O)C(CN)OC)c1. The zero-order valence-electron chi connectivity index (χ0n) is 12.3. The fraction of sp³-hybridized carbons (Fsp3) is 0.500. The van der Waals surface area contributed by atoms with Gasteiger partial charge in [0.15, 0.2) is 0 Å². The number of rotatable bonds is 7. The van der Waals surface area contributed by atoms with Gasteiger partial charge in [0.2, 0.25) is 0 Å². The number of hydrogen-bond acceptors (Lipinski definition) is 5. The molecule has 3 N–H and O–H groups in total. The van der Waals surface area contributed by atoms with Gasteiger partial charge in [-0.25, -0.2) is 0 Å². The van der Waals surface area contributed by atoms with Crippen molar-refractivity contribution in [3.63, 3.8) is 0 Å². The van der Waals surface area contributed by atoms with Crippen LogP contribution in [0.15, 0.2) is 18.2 Å². The Balaban J connectivity index is 2.90. The summed E-state index contributed by atoms with van der Waals surface area (Å²) in [6.45, 7) is 1.99. The van der Waals surface area contributed by atoms with Gasteiger partial charge in [-0.1, -0.05) is 0 Å². The number of ether oxygens (including phenoxy) is 3. The van der Waals surface area contributed by atoms with E-state index in [1.165, 1.54) is 7.11 Å². The van der Waals surface area contributed by atoms with Crippen LogP contribution in [0.25, 0.3) is 0 Å². The third-order valence-corrected chi connectivity index (χ3v) is 3.05. The van der Waals surface area contributed by atoms with Gasteiger partial charge in [0.05, 0.1) is 20.3 Å². The molecule has 0 saturated heterocycles. The summed E-state index contributed by atoms with van der Waals surface area (Å²) in [4.78, 5) is 12.0. The first-order valence-electron chi connectivity index (χ1n) is 6.32. The van der Waals surface area contributed by atoms with Crippen molar-refractivity contribution in [2.24, 2.45) is 5.73 Å². The molecule has 0 aliphatic rings. The lowest BCUT2D eigenvalue weighted by atomic mass is 10.1. The molecule has 0 fully saturated rings. The smallest absolute Gasteiger partial charge is 0.250 e. The normalized spacial score (nSPS) is 13.4. The van der Waals surface area contributed by atoms with E-state index in [1.807, 2.05) is 13.0 Å². The maximum atomic E-state index is 12.0. The molecule has 20 heavy (non-hydrogen) atoms. The predicted octanol–water partition coefficient (Wildman–Crippen LogP) is 0.855. The lowest BCUT2D eigenvalue weighted by Crippen LogP contribution is -2.41. The molecule has 0 aromatic heterocycles. The fourth-order valence-corrected chi connectivity index (χ4v) is 1.87. The molecule has 0 aliphatic heterocycles. The molecule has 2 atom stereocenters. The van der Waals surface area contributed by atoms with Crippen LogP contribution in [-0.2, 0) is 9.53 Å². The number of carbonyl (C=O) groups is 1. The van der Waals surface area contributed by atoms with Gasteiger partial charge < -0.3 is 25.3 Å². The van der Waals surface area contributed by atoms with Crippen molar-refractivity contribution in [3.8, 4) is 11.5 Å². The summed E-state index contributed by atoms with van der Waals surface area (Å²) in [5.74, 6) is 1.12. The van der Waals surface area contributed by atoms with Gasteiger partial charge in [0.1, 0.15) is 17.6 Å². The van der Waals surface area contributed by atoms with Crippen molar-refractivity contribution in [3.05, 3.63) is 23.8 Å². The topological polar surface area (TPSA) is 82.8 Å². The molecule has 0 radical (unpaired) electrons. The standard InChI is InChI=1S/C14H22N2O4/c1-9(16-14(17)13(8-15)20-4)11-7-10(18-2)5-6-12(11)19-3/h5-7,9,13H,8,15H2,1-4H3,(H,16,17). The molecule has 1 aromatic rings. The van der Waals surface area contributed by atoms with E-state index in [0.717, 1.165) is 5.56 Å². The van der Waals surface area contributed by atoms with E-state index in [-0.39, 0.29) is 18.5 Å². The summed E-state index contributed by atoms with van der Waals surface area (Å²) >= 11 is 0. The van der Waals surface area contributed by atoms with Gasteiger partial charge in [0.25, 0.3) is 5.91 Å². The molecule has 2 unspecified atom stereocenters. The van der Waals surface area contributed by atoms with Gasteiger partial charge in [-0.3, -0.25) is 4.79 Å². The first kappa shape index (κ1) is 16.3. The Kier molecular flexibility index (Phi) is 6.27. The summed E-state index contributed by atoms with van der Waals surface area (Å²) in [5.41, 5.74) is 6.30. The molecule has 0 heterocycles. The first-order chi connectivity index (χ1) is 9.57. The van der Waals surface area contributed by atoms with Crippen LogP contribution in [0, 0.1) is 0 Å². The van der Waals surface area contributed by atoms with Gasteiger partial charge in [-0.15, -0.1) is 0 Å². The Hall–Kier alpha value is -1.79. The van der Waals surface area contributed by atoms with E-state index < -0.39 is 6.10 Å². The van der Waals surface area contributed by atoms with Crippen LogP contribution in [-0.4, -0.2) is 39.9 Å². The van der Waals surface area contributed by atoms with Crippen LogP contribution in [0.5, 0.6) is 11.5 Å². The van der Waals surface area contributed by atoms with Crippen LogP contribution in [0.1, 0.15) is 18.5 Å². The molecule has 1 rings (SSSR count). The average molecular weight is 282 g/mol. The fourth-order valence-electron chi connectivity index (χ4n) is 1.87. The molecule has 1 amide bonds. The lowest BCUT2D eigenvalue weighted by Gasteiger charge is -2.20. The van der Waals surface area contributed by atoms with Crippen molar-refractivity contribution >= 4 is 5.91 Å². The minimum absolute atomic E-state index is 0.129. The molecule has 0 bridgehead atoms. The maximum absolute atomic E-state index is 12.0. The Labute approximate surface area is 119 Å². The van der Waals surface area contributed by atoms with Crippen LogP contribution in [0.4, 0.5) is 0 Å².